The van der Waals surface area contributed by atoms with Gasteiger partial charge in [0.1, 0.15) is 0 Å². The smallest absolute Gasteiger partial charge is 0.265 e. The van der Waals surface area contributed by atoms with Crippen LogP contribution in [0, 0.1) is 10.8 Å². The van der Waals surface area contributed by atoms with Gasteiger partial charge in [-0.2, -0.15) is 0 Å². The van der Waals surface area contributed by atoms with Gasteiger partial charge < -0.3 is 36.4 Å². The fourth-order valence-corrected chi connectivity index (χ4v) is 4.89. The standard InChI is InChI=1S/C21H29N9OS.ClH/c22-20(23)29-11-7-27(8-12-29)16-3-1-15(2-4-16)26-19(31)17-5-6-18(32-17)28-9-13-30(14-10-28)21(24)25;/h1-6H,7-14H2,(H3,22,23)(H3,24,25)(H,26,31);1H. The largest absolute Gasteiger partial charge is 0.370 e. The number of nitrogens with one attached hydrogen (secondary N) is 3. The first-order valence-electron chi connectivity index (χ1n) is 10.6. The summed E-state index contributed by atoms with van der Waals surface area (Å²) in [5.41, 5.74) is 13.0. The van der Waals surface area contributed by atoms with Crippen LogP contribution >= 0.6 is 23.7 Å². The first-order chi connectivity index (χ1) is 15.4. The fraction of sp³-hybridized carbons (Fsp3) is 0.381. The summed E-state index contributed by atoms with van der Waals surface area (Å²) >= 11 is 1.47. The zero-order chi connectivity index (χ0) is 22.7. The Labute approximate surface area is 203 Å². The van der Waals surface area contributed by atoms with E-state index < -0.39 is 0 Å². The maximum Gasteiger partial charge on any atom is 0.265 e. The van der Waals surface area contributed by atoms with E-state index in [9.17, 15) is 4.79 Å². The van der Waals surface area contributed by atoms with Gasteiger partial charge >= 0.3 is 0 Å². The summed E-state index contributed by atoms with van der Waals surface area (Å²) in [6.07, 6.45) is 0. The highest BCUT2D eigenvalue weighted by Crippen LogP contribution is 2.28. The van der Waals surface area contributed by atoms with Crippen LogP contribution in [-0.4, -0.2) is 80.0 Å². The molecule has 2 aliphatic rings. The van der Waals surface area contributed by atoms with Gasteiger partial charge in [-0.3, -0.25) is 15.6 Å². The molecular weight excluding hydrogens is 462 g/mol. The summed E-state index contributed by atoms with van der Waals surface area (Å²) in [4.78, 5) is 21.6. The van der Waals surface area contributed by atoms with E-state index in [1.165, 1.54) is 11.3 Å². The van der Waals surface area contributed by atoms with Gasteiger partial charge in [0.2, 0.25) is 0 Å². The highest BCUT2D eigenvalue weighted by molar-refractivity contribution is 7.18. The summed E-state index contributed by atoms with van der Waals surface area (Å²) in [6.45, 7) is 6.08. The number of anilines is 3. The monoisotopic (exact) mass is 491 g/mol. The Morgan fingerprint density at radius 3 is 1.82 bits per heavy atom. The topological polar surface area (TPSA) is 142 Å². The Morgan fingerprint density at radius 1 is 0.788 bits per heavy atom. The molecule has 33 heavy (non-hydrogen) atoms. The molecule has 0 atom stereocenters. The highest BCUT2D eigenvalue weighted by atomic mass is 35.5. The van der Waals surface area contributed by atoms with E-state index in [1.807, 2.05) is 46.2 Å². The molecule has 178 valence electrons. The molecule has 0 saturated carbocycles. The SMILES string of the molecule is Cl.N=C(N)N1CCN(c2ccc(NC(=O)c3ccc(N4CCN(C(=N)N)CC4)s3)cc2)CC1. The van der Waals surface area contributed by atoms with Crippen molar-refractivity contribution in [3.05, 3.63) is 41.3 Å². The number of carbonyl (C=O) groups is 1. The number of benzene rings is 1. The summed E-state index contributed by atoms with van der Waals surface area (Å²) < 4.78 is 0. The first-order valence-corrected chi connectivity index (χ1v) is 11.4. The number of rotatable bonds is 4. The van der Waals surface area contributed by atoms with Crippen molar-refractivity contribution in [3.8, 4) is 0 Å². The van der Waals surface area contributed by atoms with Gasteiger partial charge in [-0.1, -0.05) is 0 Å². The average molecular weight is 492 g/mol. The fourth-order valence-electron chi connectivity index (χ4n) is 3.94. The third-order valence-corrected chi connectivity index (χ3v) is 7.00. The number of piperazine rings is 2. The Balaban J connectivity index is 0.00000306. The lowest BCUT2D eigenvalue weighted by Crippen LogP contribution is -2.50. The molecule has 2 saturated heterocycles. The number of thiophene rings is 1. The first kappa shape index (κ1) is 24.5. The van der Waals surface area contributed by atoms with Gasteiger partial charge in [0, 0.05) is 63.7 Å². The zero-order valence-corrected chi connectivity index (χ0v) is 19.9. The molecular formula is C21H30ClN9OS. The van der Waals surface area contributed by atoms with Crippen molar-refractivity contribution in [1.82, 2.24) is 9.80 Å². The van der Waals surface area contributed by atoms with Crippen LogP contribution in [0.25, 0.3) is 0 Å². The van der Waals surface area contributed by atoms with Crippen molar-refractivity contribution in [1.29, 1.82) is 10.8 Å². The Bertz CT molecular complexity index is 980. The van der Waals surface area contributed by atoms with Gasteiger partial charge in [0.05, 0.1) is 9.88 Å². The van der Waals surface area contributed by atoms with E-state index in [-0.39, 0.29) is 30.2 Å². The van der Waals surface area contributed by atoms with Gasteiger partial charge in [-0.05, 0) is 36.4 Å². The number of nitrogens with zero attached hydrogens (tertiary/aromatic N) is 4. The summed E-state index contributed by atoms with van der Waals surface area (Å²) in [6, 6.07) is 11.7. The van der Waals surface area contributed by atoms with E-state index in [2.05, 4.69) is 15.1 Å². The minimum Gasteiger partial charge on any atom is -0.370 e. The third-order valence-electron chi connectivity index (χ3n) is 5.86. The van der Waals surface area contributed by atoms with Crippen LogP contribution in [0.3, 0.4) is 0 Å². The normalized spacial score (nSPS) is 16.2. The molecule has 0 radical (unpaired) electrons. The number of hydrogen-bond acceptors (Lipinski definition) is 6. The van der Waals surface area contributed by atoms with Crippen LogP contribution in [0.15, 0.2) is 36.4 Å². The van der Waals surface area contributed by atoms with Crippen LogP contribution in [0.1, 0.15) is 9.67 Å². The van der Waals surface area contributed by atoms with Crippen molar-refractivity contribution in [3.63, 3.8) is 0 Å². The summed E-state index contributed by atoms with van der Waals surface area (Å²) in [5, 5.41) is 19.1. The van der Waals surface area contributed by atoms with Crippen LogP contribution < -0.4 is 26.6 Å². The number of carbonyl (C=O) groups excluding carboxylic acids is 1. The van der Waals surface area contributed by atoms with Crippen LogP contribution in [-0.2, 0) is 0 Å². The molecule has 10 nitrogen and oxygen atoms in total. The number of guanidine groups is 2. The third kappa shape index (κ3) is 5.79. The molecule has 1 aromatic carbocycles. The maximum absolute atomic E-state index is 12.7. The van der Waals surface area contributed by atoms with Gasteiger partial charge in [-0.15, -0.1) is 23.7 Å². The lowest BCUT2D eigenvalue weighted by Gasteiger charge is -2.36. The van der Waals surface area contributed by atoms with Gasteiger partial charge in [0.15, 0.2) is 11.9 Å². The van der Waals surface area contributed by atoms with E-state index in [0.29, 0.717) is 18.0 Å². The van der Waals surface area contributed by atoms with Gasteiger partial charge in [0.25, 0.3) is 5.91 Å². The number of amides is 1. The Kier molecular flexibility index (Phi) is 7.88. The lowest BCUT2D eigenvalue weighted by atomic mass is 10.2. The molecule has 2 aromatic rings. The Morgan fingerprint density at radius 2 is 1.30 bits per heavy atom. The van der Waals surface area contributed by atoms with Crippen molar-refractivity contribution in [2.45, 2.75) is 0 Å². The predicted octanol–water partition coefficient (Wildman–Crippen LogP) is 1.45. The second-order valence-electron chi connectivity index (χ2n) is 7.86. The molecule has 4 rings (SSSR count). The maximum atomic E-state index is 12.7. The molecule has 2 aliphatic heterocycles. The molecule has 12 heteroatoms. The van der Waals surface area contributed by atoms with Crippen LogP contribution in [0.5, 0.6) is 0 Å². The quantitative estimate of drug-likeness (QED) is 0.322. The van der Waals surface area contributed by atoms with E-state index in [0.717, 1.165) is 55.6 Å². The second-order valence-corrected chi connectivity index (χ2v) is 8.92. The van der Waals surface area contributed by atoms with E-state index in [1.54, 1.807) is 0 Å². The van der Waals surface area contributed by atoms with Gasteiger partial charge in [-0.25, -0.2) is 0 Å². The van der Waals surface area contributed by atoms with Crippen LogP contribution in [0.2, 0.25) is 0 Å². The predicted molar refractivity (Wildman–Crippen MR) is 137 cm³/mol. The average Bonchev–Trinajstić information content (AvgIpc) is 3.30. The van der Waals surface area contributed by atoms with E-state index in [4.69, 9.17) is 22.3 Å². The van der Waals surface area contributed by atoms with Crippen molar-refractivity contribution in [2.75, 3.05) is 67.5 Å². The highest BCUT2D eigenvalue weighted by Gasteiger charge is 2.21. The molecule has 1 amide bonds. The molecule has 0 unspecified atom stereocenters. The zero-order valence-electron chi connectivity index (χ0n) is 18.3. The number of nitrogens with two attached hydrogens (primary N) is 2. The molecule has 2 fully saturated rings. The minimum atomic E-state index is -0.119. The molecule has 0 aliphatic carbocycles. The number of halogens is 1. The van der Waals surface area contributed by atoms with E-state index >= 15 is 0 Å². The second kappa shape index (κ2) is 10.6. The molecule has 7 N–H and O–H groups in total. The molecule has 1 aromatic heterocycles. The molecule has 0 spiro atoms. The van der Waals surface area contributed by atoms with Crippen molar-refractivity contribution in [2.24, 2.45) is 11.5 Å². The lowest BCUT2D eigenvalue weighted by molar-refractivity contribution is 0.103. The minimum absolute atomic E-state index is 0. The van der Waals surface area contributed by atoms with Crippen molar-refractivity contribution >= 4 is 57.9 Å². The molecule has 0 bridgehead atoms. The summed E-state index contributed by atoms with van der Waals surface area (Å²) in [5.74, 6) is 0.115. The molecule has 3 heterocycles. The van der Waals surface area contributed by atoms with Crippen LogP contribution in [0.4, 0.5) is 16.4 Å². The van der Waals surface area contributed by atoms with Crippen molar-refractivity contribution < 1.29 is 4.79 Å². The Hall–Kier alpha value is -3.18. The number of hydrogen-bond donors (Lipinski definition) is 5. The summed E-state index contributed by atoms with van der Waals surface area (Å²) in [7, 11) is 0.